The minimum atomic E-state index is -0.440. The molecule has 0 bridgehead atoms. The molecule has 0 radical (unpaired) electrons. The molecule has 1 unspecified atom stereocenters. The molecule has 0 saturated carbocycles. The van der Waals surface area contributed by atoms with Crippen molar-refractivity contribution in [2.45, 2.75) is 6.42 Å². The number of aliphatic imine (C=N–C) groups is 1. The number of hydrogen-bond donors (Lipinski definition) is 0. The first kappa shape index (κ1) is 12.7. The van der Waals surface area contributed by atoms with Gasteiger partial charge < -0.3 is 4.90 Å². The van der Waals surface area contributed by atoms with Crippen molar-refractivity contribution in [3.05, 3.63) is 24.3 Å². The van der Waals surface area contributed by atoms with Crippen LogP contribution >= 0.6 is 0 Å². The van der Waals surface area contributed by atoms with E-state index in [1.807, 2.05) is 25.1 Å². The number of fused-ring (bicyclic) bond motifs is 1. The van der Waals surface area contributed by atoms with Gasteiger partial charge in [-0.15, -0.1) is 0 Å². The van der Waals surface area contributed by atoms with E-state index in [9.17, 15) is 9.59 Å². The van der Waals surface area contributed by atoms with Gasteiger partial charge in [-0.2, -0.15) is 4.99 Å². The SMILES string of the molecule is CN(C)CCCN1C(=O)N=C2C=CC=CC2C1=O. The summed E-state index contributed by atoms with van der Waals surface area (Å²) in [6.07, 6.45) is 7.87. The largest absolute Gasteiger partial charge is 0.350 e. The summed E-state index contributed by atoms with van der Waals surface area (Å²) in [5.74, 6) is -0.545. The zero-order chi connectivity index (χ0) is 13.1. The minimum absolute atomic E-state index is 0.163. The molecule has 0 saturated heterocycles. The Kier molecular flexibility index (Phi) is 3.72. The fraction of sp³-hybridized carbons (Fsp3) is 0.462. The summed E-state index contributed by atoms with van der Waals surface area (Å²) in [7, 11) is 3.93. The van der Waals surface area contributed by atoms with Gasteiger partial charge in [-0.05, 0) is 33.1 Å². The van der Waals surface area contributed by atoms with Crippen LogP contribution in [0, 0.1) is 5.92 Å². The smallest absolute Gasteiger partial charge is 0.309 e. The zero-order valence-electron chi connectivity index (χ0n) is 10.7. The monoisotopic (exact) mass is 247 g/mol. The van der Waals surface area contributed by atoms with Crippen molar-refractivity contribution in [2.75, 3.05) is 27.2 Å². The van der Waals surface area contributed by atoms with Gasteiger partial charge in [0.1, 0.15) is 0 Å². The highest BCUT2D eigenvalue weighted by atomic mass is 16.2. The number of urea groups is 1. The Bertz CT molecular complexity index is 449. The molecular formula is C13H17N3O2. The number of imide groups is 1. The summed E-state index contributed by atoms with van der Waals surface area (Å²) in [6, 6.07) is -0.440. The van der Waals surface area contributed by atoms with E-state index in [0.717, 1.165) is 13.0 Å². The van der Waals surface area contributed by atoms with Crippen LogP contribution in [0.25, 0.3) is 0 Å². The summed E-state index contributed by atoms with van der Waals surface area (Å²) >= 11 is 0. The summed E-state index contributed by atoms with van der Waals surface area (Å²) in [5, 5.41) is 0. The van der Waals surface area contributed by atoms with Crippen LogP contribution < -0.4 is 0 Å². The van der Waals surface area contributed by atoms with Gasteiger partial charge in [0.15, 0.2) is 0 Å². The summed E-state index contributed by atoms with van der Waals surface area (Å²) in [6.45, 7) is 1.27. The quantitative estimate of drug-likeness (QED) is 0.747. The first-order valence-corrected chi connectivity index (χ1v) is 6.03. The molecule has 5 heteroatoms. The van der Waals surface area contributed by atoms with E-state index in [0.29, 0.717) is 12.3 Å². The lowest BCUT2D eigenvalue weighted by Gasteiger charge is -2.28. The van der Waals surface area contributed by atoms with E-state index in [4.69, 9.17) is 0 Å². The van der Waals surface area contributed by atoms with E-state index in [1.54, 1.807) is 18.2 Å². The molecule has 0 aromatic carbocycles. The van der Waals surface area contributed by atoms with Crippen molar-refractivity contribution >= 4 is 17.6 Å². The average molecular weight is 247 g/mol. The Morgan fingerprint density at radius 3 is 2.83 bits per heavy atom. The lowest BCUT2D eigenvalue weighted by atomic mass is 9.95. The van der Waals surface area contributed by atoms with Crippen LogP contribution in [0.5, 0.6) is 0 Å². The molecule has 1 atom stereocenters. The second kappa shape index (κ2) is 5.27. The first-order valence-electron chi connectivity index (χ1n) is 6.03. The average Bonchev–Trinajstić information content (AvgIpc) is 2.33. The molecule has 0 aromatic rings. The van der Waals surface area contributed by atoms with Crippen LogP contribution in [0.1, 0.15) is 6.42 Å². The summed E-state index contributed by atoms with van der Waals surface area (Å²) in [5.41, 5.74) is 0.552. The van der Waals surface area contributed by atoms with Crippen LogP contribution in [0.4, 0.5) is 4.79 Å². The molecule has 3 amide bonds. The van der Waals surface area contributed by atoms with Gasteiger partial charge in [0.2, 0.25) is 5.91 Å². The fourth-order valence-electron chi connectivity index (χ4n) is 2.03. The molecule has 0 fully saturated rings. The topological polar surface area (TPSA) is 53.0 Å². The number of amides is 3. The van der Waals surface area contributed by atoms with Crippen molar-refractivity contribution in [2.24, 2.45) is 10.9 Å². The van der Waals surface area contributed by atoms with Crippen LogP contribution in [0.2, 0.25) is 0 Å². The van der Waals surface area contributed by atoms with Gasteiger partial charge in [0.25, 0.3) is 0 Å². The fourth-order valence-corrected chi connectivity index (χ4v) is 2.03. The van der Waals surface area contributed by atoms with Crippen LogP contribution in [0.3, 0.4) is 0 Å². The van der Waals surface area contributed by atoms with Crippen molar-refractivity contribution in [3.63, 3.8) is 0 Å². The van der Waals surface area contributed by atoms with Gasteiger partial charge in [0.05, 0.1) is 11.6 Å². The van der Waals surface area contributed by atoms with E-state index in [1.165, 1.54) is 4.90 Å². The predicted molar refractivity (Wildman–Crippen MR) is 69.5 cm³/mol. The van der Waals surface area contributed by atoms with E-state index < -0.39 is 6.03 Å². The van der Waals surface area contributed by atoms with Gasteiger partial charge in [-0.25, -0.2) is 4.79 Å². The molecular weight excluding hydrogens is 230 g/mol. The molecule has 0 N–H and O–H groups in total. The number of nitrogens with zero attached hydrogens (tertiary/aromatic N) is 3. The van der Waals surface area contributed by atoms with Crippen molar-refractivity contribution in [3.8, 4) is 0 Å². The first-order chi connectivity index (χ1) is 8.59. The van der Waals surface area contributed by atoms with Crippen LogP contribution in [-0.2, 0) is 4.79 Å². The molecule has 1 aliphatic carbocycles. The van der Waals surface area contributed by atoms with Crippen molar-refractivity contribution < 1.29 is 9.59 Å². The normalized spacial score (nSPS) is 22.5. The maximum atomic E-state index is 12.2. The minimum Gasteiger partial charge on any atom is -0.309 e. The molecule has 1 aliphatic heterocycles. The van der Waals surface area contributed by atoms with Gasteiger partial charge >= 0.3 is 6.03 Å². The number of carbonyl (C=O) groups is 2. The van der Waals surface area contributed by atoms with Crippen molar-refractivity contribution in [1.82, 2.24) is 9.80 Å². The number of rotatable bonds is 4. The maximum absolute atomic E-state index is 12.2. The highest BCUT2D eigenvalue weighted by Crippen LogP contribution is 2.19. The van der Waals surface area contributed by atoms with Gasteiger partial charge in [0, 0.05) is 6.54 Å². The summed E-state index contributed by atoms with van der Waals surface area (Å²) < 4.78 is 0. The zero-order valence-corrected chi connectivity index (χ0v) is 10.7. The molecule has 5 nitrogen and oxygen atoms in total. The predicted octanol–water partition coefficient (Wildman–Crippen LogP) is 1.08. The van der Waals surface area contributed by atoms with Crippen LogP contribution in [-0.4, -0.2) is 54.6 Å². The maximum Gasteiger partial charge on any atom is 0.350 e. The molecule has 0 spiro atoms. The molecule has 0 aromatic heterocycles. The van der Waals surface area contributed by atoms with E-state index >= 15 is 0 Å². The third-order valence-corrected chi connectivity index (χ3v) is 2.98. The molecule has 2 aliphatic rings. The highest BCUT2D eigenvalue weighted by molar-refractivity contribution is 6.21. The number of allylic oxidation sites excluding steroid dienone is 3. The molecule has 2 rings (SSSR count). The van der Waals surface area contributed by atoms with Crippen LogP contribution in [0.15, 0.2) is 29.3 Å². The second-order valence-electron chi connectivity index (χ2n) is 4.69. The Hall–Kier alpha value is -1.75. The Balaban J connectivity index is 2.06. The molecule has 96 valence electrons. The van der Waals surface area contributed by atoms with E-state index in [2.05, 4.69) is 4.99 Å². The third-order valence-electron chi connectivity index (χ3n) is 2.98. The Morgan fingerprint density at radius 2 is 2.11 bits per heavy atom. The lowest BCUT2D eigenvalue weighted by molar-refractivity contribution is -0.129. The molecule has 18 heavy (non-hydrogen) atoms. The standard InChI is InChI=1S/C13H17N3O2/c1-15(2)8-5-9-16-12(17)10-6-3-4-7-11(10)14-13(16)18/h3-4,6-7,10H,5,8-9H2,1-2H3. The number of carbonyl (C=O) groups excluding carboxylic acids is 2. The van der Waals surface area contributed by atoms with Crippen molar-refractivity contribution in [1.29, 1.82) is 0 Å². The van der Waals surface area contributed by atoms with Gasteiger partial charge in [-0.1, -0.05) is 18.2 Å². The van der Waals surface area contributed by atoms with E-state index in [-0.39, 0.29) is 11.8 Å². The second-order valence-corrected chi connectivity index (χ2v) is 4.69. The highest BCUT2D eigenvalue weighted by Gasteiger charge is 2.35. The lowest BCUT2D eigenvalue weighted by Crippen LogP contribution is -2.46. The third kappa shape index (κ3) is 2.56. The van der Waals surface area contributed by atoms with Gasteiger partial charge in [-0.3, -0.25) is 9.69 Å². The Morgan fingerprint density at radius 1 is 1.33 bits per heavy atom. The molecule has 1 heterocycles. The Labute approximate surface area is 106 Å². The summed E-state index contributed by atoms with van der Waals surface area (Å²) in [4.78, 5) is 31.2. The number of hydrogen-bond acceptors (Lipinski definition) is 3.